The number of carbonyl (C=O) groups excluding carboxylic acids is 1. The molecule has 1 aliphatic rings. The van der Waals surface area contributed by atoms with Crippen molar-refractivity contribution >= 4 is 11.9 Å². The summed E-state index contributed by atoms with van der Waals surface area (Å²) >= 11 is 0. The molecule has 0 amide bonds. The lowest BCUT2D eigenvalue weighted by Gasteiger charge is -2.12. The second kappa shape index (κ2) is 5.88. The van der Waals surface area contributed by atoms with E-state index in [0.717, 1.165) is 7.11 Å². The Labute approximate surface area is 134 Å². The number of carboxylic acid groups (broad SMARTS) is 1. The number of carbonyl (C=O) groups is 2. The third-order valence-electron chi connectivity index (χ3n) is 4.26. The lowest BCUT2D eigenvalue weighted by Crippen LogP contribution is -2.14. The number of halogens is 3. The van der Waals surface area contributed by atoms with Crippen LogP contribution >= 0.6 is 0 Å². The van der Waals surface area contributed by atoms with Gasteiger partial charge in [-0.1, -0.05) is 13.8 Å². The Hall–Kier alpha value is -2.45. The Morgan fingerprint density at radius 3 is 2.17 bits per heavy atom. The largest absolute Gasteiger partial charge is 0.502 e. The van der Waals surface area contributed by atoms with Crippen molar-refractivity contribution in [3.8, 4) is 11.5 Å². The highest BCUT2D eigenvalue weighted by molar-refractivity contribution is 5.88. The Morgan fingerprint density at radius 2 is 1.71 bits per heavy atom. The Morgan fingerprint density at radius 1 is 1.12 bits per heavy atom. The maximum atomic E-state index is 13.9. The van der Waals surface area contributed by atoms with Gasteiger partial charge in [-0.3, -0.25) is 9.59 Å². The zero-order valence-electron chi connectivity index (χ0n) is 13.0. The molecule has 2 rings (SSSR count). The fourth-order valence-corrected chi connectivity index (χ4v) is 2.76. The van der Waals surface area contributed by atoms with E-state index in [1.807, 2.05) is 0 Å². The van der Waals surface area contributed by atoms with Gasteiger partial charge in [0.2, 0.25) is 11.6 Å². The minimum atomic E-state index is -1.67. The summed E-state index contributed by atoms with van der Waals surface area (Å²) in [5.74, 6) is -11.2. The van der Waals surface area contributed by atoms with Crippen LogP contribution in [0.2, 0.25) is 0 Å². The third kappa shape index (κ3) is 2.63. The quantitative estimate of drug-likeness (QED) is 0.626. The molecule has 1 fully saturated rings. The lowest BCUT2D eigenvalue weighted by molar-refractivity contribution is -0.150. The molecule has 6 nitrogen and oxygen atoms in total. The normalized spacial score (nSPS) is 21.2. The van der Waals surface area contributed by atoms with Gasteiger partial charge in [0.15, 0.2) is 17.4 Å². The fraction of sp³-hybridized carbons (Fsp3) is 0.467. The summed E-state index contributed by atoms with van der Waals surface area (Å²) < 4.78 is 50.4. The number of hydrogen-bond acceptors (Lipinski definition) is 5. The number of benzene rings is 1. The summed E-state index contributed by atoms with van der Waals surface area (Å²) in [5, 5.41) is 18.4. The predicted octanol–water partition coefficient (Wildman–Crippen LogP) is 2.22. The molecule has 0 bridgehead atoms. The first-order chi connectivity index (χ1) is 11.1. The van der Waals surface area contributed by atoms with Gasteiger partial charge < -0.3 is 19.7 Å². The average molecular weight is 348 g/mol. The molecule has 0 aromatic heterocycles. The van der Waals surface area contributed by atoms with Gasteiger partial charge in [0.1, 0.15) is 6.61 Å². The Kier molecular flexibility index (Phi) is 4.38. The highest BCUT2D eigenvalue weighted by Gasteiger charge is 2.66. The number of methoxy groups -OCH3 is 1. The SMILES string of the molecule is COc1c(O)c(F)c(COC(=O)C2C(C(=O)O)C2(C)C)c(F)c1F. The van der Waals surface area contributed by atoms with Gasteiger partial charge in [-0.15, -0.1) is 0 Å². The van der Waals surface area contributed by atoms with Crippen molar-refractivity contribution in [2.24, 2.45) is 17.3 Å². The van der Waals surface area contributed by atoms with Crippen molar-refractivity contribution in [1.29, 1.82) is 0 Å². The maximum absolute atomic E-state index is 13.9. The van der Waals surface area contributed by atoms with E-state index in [2.05, 4.69) is 4.74 Å². The van der Waals surface area contributed by atoms with Crippen molar-refractivity contribution in [3.05, 3.63) is 23.0 Å². The van der Waals surface area contributed by atoms with Crippen LogP contribution in [0, 0.1) is 34.7 Å². The second-order valence-electron chi connectivity index (χ2n) is 6.03. The molecule has 1 aromatic carbocycles. The molecule has 1 aromatic rings. The van der Waals surface area contributed by atoms with Crippen molar-refractivity contribution in [1.82, 2.24) is 0 Å². The van der Waals surface area contributed by atoms with Crippen LogP contribution in [0.4, 0.5) is 13.2 Å². The van der Waals surface area contributed by atoms with Gasteiger partial charge >= 0.3 is 11.9 Å². The number of phenols is 1. The fourth-order valence-electron chi connectivity index (χ4n) is 2.76. The van der Waals surface area contributed by atoms with Gasteiger partial charge in [-0.05, 0) is 5.41 Å². The predicted molar refractivity (Wildman–Crippen MR) is 72.7 cm³/mol. The number of aliphatic carboxylic acids is 1. The first-order valence-electron chi connectivity index (χ1n) is 6.87. The molecule has 2 atom stereocenters. The topological polar surface area (TPSA) is 93.1 Å². The molecule has 0 aliphatic heterocycles. The molecule has 0 spiro atoms. The Bertz CT molecular complexity index is 687. The van der Waals surface area contributed by atoms with Crippen LogP contribution < -0.4 is 4.74 Å². The van der Waals surface area contributed by atoms with Gasteiger partial charge in [-0.25, -0.2) is 8.78 Å². The van der Waals surface area contributed by atoms with E-state index in [1.54, 1.807) is 0 Å². The van der Waals surface area contributed by atoms with Crippen LogP contribution in [0.25, 0.3) is 0 Å². The van der Waals surface area contributed by atoms with Crippen LogP contribution in [-0.2, 0) is 20.9 Å². The molecule has 132 valence electrons. The molecule has 1 aliphatic carbocycles. The summed E-state index contributed by atoms with van der Waals surface area (Å²) in [4.78, 5) is 22.9. The molecular formula is C15H15F3O6. The molecule has 0 saturated heterocycles. The van der Waals surface area contributed by atoms with Gasteiger partial charge in [0, 0.05) is 0 Å². The van der Waals surface area contributed by atoms with Crippen LogP contribution in [0.5, 0.6) is 11.5 Å². The molecular weight excluding hydrogens is 333 g/mol. The number of ether oxygens (including phenoxy) is 2. The molecule has 1 saturated carbocycles. The number of aromatic hydroxyl groups is 1. The van der Waals surface area contributed by atoms with E-state index < -0.39 is 70.3 Å². The number of carboxylic acids is 1. The van der Waals surface area contributed by atoms with Crippen LogP contribution in [0.15, 0.2) is 0 Å². The van der Waals surface area contributed by atoms with E-state index >= 15 is 0 Å². The zero-order valence-corrected chi connectivity index (χ0v) is 13.0. The monoisotopic (exact) mass is 348 g/mol. The third-order valence-corrected chi connectivity index (χ3v) is 4.26. The average Bonchev–Trinajstić information content (AvgIpc) is 3.08. The van der Waals surface area contributed by atoms with Gasteiger partial charge in [0.05, 0.1) is 24.5 Å². The number of phenolic OH excluding ortho intramolecular Hbond substituents is 1. The molecule has 2 N–H and O–H groups in total. The number of esters is 1. The summed E-state index contributed by atoms with van der Waals surface area (Å²) in [7, 11) is 0.915. The summed E-state index contributed by atoms with van der Waals surface area (Å²) in [6.45, 7) is 2.08. The van der Waals surface area contributed by atoms with Crippen molar-refractivity contribution in [3.63, 3.8) is 0 Å². The van der Waals surface area contributed by atoms with Gasteiger partial charge in [-0.2, -0.15) is 4.39 Å². The highest BCUT2D eigenvalue weighted by Crippen LogP contribution is 2.58. The lowest BCUT2D eigenvalue weighted by atomic mass is 10.1. The maximum Gasteiger partial charge on any atom is 0.310 e. The van der Waals surface area contributed by atoms with E-state index in [4.69, 9.17) is 9.84 Å². The number of hydrogen-bond donors (Lipinski definition) is 2. The van der Waals surface area contributed by atoms with E-state index in [1.165, 1.54) is 13.8 Å². The van der Waals surface area contributed by atoms with Crippen molar-refractivity contribution < 1.29 is 42.4 Å². The van der Waals surface area contributed by atoms with Crippen LogP contribution in [0.1, 0.15) is 19.4 Å². The molecule has 9 heteroatoms. The first kappa shape index (κ1) is 17.9. The molecule has 0 radical (unpaired) electrons. The van der Waals surface area contributed by atoms with Crippen LogP contribution in [0.3, 0.4) is 0 Å². The summed E-state index contributed by atoms with van der Waals surface area (Å²) in [6, 6.07) is 0. The van der Waals surface area contributed by atoms with Crippen molar-refractivity contribution in [2.75, 3.05) is 7.11 Å². The Balaban J connectivity index is 2.19. The molecule has 2 unspecified atom stereocenters. The number of rotatable bonds is 5. The smallest absolute Gasteiger partial charge is 0.310 e. The van der Waals surface area contributed by atoms with Gasteiger partial charge in [0.25, 0.3) is 0 Å². The minimum absolute atomic E-state index is 0.854. The summed E-state index contributed by atoms with van der Waals surface area (Å²) in [6.07, 6.45) is 0. The standard InChI is InChI=1S/C15H15F3O6/c1-15(2)6(13(20)21)7(15)14(22)24-4-5-8(16)10(18)12(23-3)11(19)9(5)17/h6-7,19H,4H2,1-3H3,(H,20,21). The highest BCUT2D eigenvalue weighted by atomic mass is 19.2. The molecule has 24 heavy (non-hydrogen) atoms. The summed E-state index contributed by atoms with van der Waals surface area (Å²) in [5.41, 5.74) is -1.85. The first-order valence-corrected chi connectivity index (χ1v) is 6.87. The van der Waals surface area contributed by atoms with E-state index in [-0.39, 0.29) is 0 Å². The van der Waals surface area contributed by atoms with E-state index in [9.17, 15) is 27.9 Å². The second-order valence-corrected chi connectivity index (χ2v) is 6.03. The zero-order chi connectivity index (χ0) is 18.4. The van der Waals surface area contributed by atoms with Crippen molar-refractivity contribution in [2.45, 2.75) is 20.5 Å². The van der Waals surface area contributed by atoms with Crippen LogP contribution in [-0.4, -0.2) is 29.3 Å². The van der Waals surface area contributed by atoms with E-state index in [0.29, 0.717) is 0 Å². The minimum Gasteiger partial charge on any atom is -0.502 e. The molecule has 0 heterocycles.